The lowest BCUT2D eigenvalue weighted by Gasteiger charge is -2.11. The summed E-state index contributed by atoms with van der Waals surface area (Å²) >= 11 is 0. The average Bonchev–Trinajstić information content (AvgIpc) is 1.61. The molecule has 0 atom stereocenters. The number of nitrogens with zero attached hydrogens (tertiary/aromatic N) is 6. The van der Waals surface area contributed by atoms with E-state index < -0.39 is 0 Å². The Balaban J connectivity index is 0.000000168. The molecule has 0 saturated carbocycles. The van der Waals surface area contributed by atoms with E-state index in [0.717, 1.165) is 101 Å². The van der Waals surface area contributed by atoms with Crippen LogP contribution in [0, 0.1) is 0 Å². The van der Waals surface area contributed by atoms with E-state index in [4.69, 9.17) is 0 Å². The second-order valence-corrected chi connectivity index (χ2v) is 35.6. The standard InChI is InChI=1S/C61H57N3O.C61H59N3/c1-2-3-4-5-6-8-19-45-28-38-59-54(42-45)52-22-11-13-25-57(52)63(59)50-34-29-46(30-35-50)47-31-36-51(37-32-47)64-58-26-14-12-23-53(58)55-43-49(33-39-60(55)64)61(65)27-10-7-9-18-44-20-17-21-48(41-44)56-24-15-16-40-62-56;1-2-3-4-5-6-9-20-46-29-39-60-55(43-46)53-24-12-14-27-58(53)63(60)51-35-31-48(32-36-51)49-33-37-52(38-34-49)64-59-28-15-13-25-54(59)56-44-47(30-40-61(56)64)21-11-8-7-10-19-45-22-18-23-50(42-45)57-26-16-17-41-62-57/h11-17,20-26,28-43H,2-10,18-19,27H2,1H3;12-18,22-44H,2-11,19-21H2,1H3. The van der Waals surface area contributed by atoms with Gasteiger partial charge in [-0.3, -0.25) is 14.8 Å². The molecule has 0 aliphatic rings. The van der Waals surface area contributed by atoms with E-state index in [1.807, 2.05) is 36.7 Å². The van der Waals surface area contributed by atoms with Crippen LogP contribution in [0.3, 0.4) is 0 Å². The summed E-state index contributed by atoms with van der Waals surface area (Å²) in [6.45, 7) is 4.57. The van der Waals surface area contributed by atoms with Gasteiger partial charge in [-0.15, -0.1) is 0 Å². The molecule has 7 heteroatoms. The summed E-state index contributed by atoms with van der Waals surface area (Å²) < 4.78 is 9.62. The summed E-state index contributed by atoms with van der Waals surface area (Å²) in [6.07, 6.45) is 33.5. The van der Waals surface area contributed by atoms with Gasteiger partial charge in [0.1, 0.15) is 0 Å². The van der Waals surface area contributed by atoms with Crippen LogP contribution in [0.2, 0.25) is 0 Å². The highest BCUT2D eigenvalue weighted by molar-refractivity contribution is 6.14. The number of para-hydroxylation sites is 4. The van der Waals surface area contributed by atoms with Crippen LogP contribution >= 0.6 is 0 Å². The van der Waals surface area contributed by atoms with Crippen molar-refractivity contribution in [2.75, 3.05) is 0 Å². The number of benzene rings is 14. The van der Waals surface area contributed by atoms with Gasteiger partial charge < -0.3 is 18.3 Å². The molecule has 0 aliphatic heterocycles. The molecule has 20 aromatic rings. The highest BCUT2D eigenvalue weighted by Crippen LogP contribution is 2.41. The van der Waals surface area contributed by atoms with Crippen LogP contribution in [0.4, 0.5) is 0 Å². The van der Waals surface area contributed by atoms with Crippen LogP contribution in [0.15, 0.2) is 364 Å². The third-order valence-corrected chi connectivity index (χ3v) is 26.8. The number of carbonyl (C=O) groups is 1. The van der Waals surface area contributed by atoms with Crippen LogP contribution in [0.1, 0.15) is 180 Å². The highest BCUT2D eigenvalue weighted by Gasteiger charge is 2.21. The molecule has 0 N–H and O–H groups in total. The molecule has 0 spiro atoms. The Labute approximate surface area is 760 Å². The third kappa shape index (κ3) is 19.0. The second-order valence-electron chi connectivity index (χ2n) is 35.6. The molecule has 6 aromatic heterocycles. The van der Waals surface area contributed by atoms with Gasteiger partial charge in [-0.25, -0.2) is 0 Å². The molecule has 0 amide bonds. The minimum atomic E-state index is 0.211. The zero-order valence-corrected chi connectivity index (χ0v) is 74.9. The number of ketones is 1. The van der Waals surface area contributed by atoms with Crippen molar-refractivity contribution in [1.82, 2.24) is 28.2 Å². The van der Waals surface area contributed by atoms with Crippen LogP contribution in [-0.2, 0) is 32.1 Å². The molecule has 0 aliphatic carbocycles. The Bertz CT molecular complexity index is 7230. The van der Waals surface area contributed by atoms with Gasteiger partial charge in [0.25, 0.3) is 0 Å². The molecule has 7 nitrogen and oxygen atoms in total. The Morgan fingerprint density at radius 1 is 0.217 bits per heavy atom. The first kappa shape index (κ1) is 84.7. The number of aryl methyl sites for hydroxylation is 5. The zero-order valence-electron chi connectivity index (χ0n) is 74.9. The molecule has 0 radical (unpaired) electrons. The van der Waals surface area contributed by atoms with Gasteiger partial charge in [0.15, 0.2) is 5.78 Å². The minimum Gasteiger partial charge on any atom is -0.309 e. The van der Waals surface area contributed by atoms with Crippen molar-refractivity contribution in [1.29, 1.82) is 0 Å². The lowest BCUT2D eigenvalue weighted by Crippen LogP contribution is -2.00. The van der Waals surface area contributed by atoms with E-state index in [-0.39, 0.29) is 5.78 Å². The zero-order chi connectivity index (χ0) is 87.0. The topological polar surface area (TPSA) is 62.6 Å². The van der Waals surface area contributed by atoms with Gasteiger partial charge in [0, 0.05) is 101 Å². The summed E-state index contributed by atoms with van der Waals surface area (Å²) in [4.78, 5) is 22.6. The second kappa shape index (κ2) is 40.5. The fourth-order valence-corrected chi connectivity index (χ4v) is 20.0. The first-order valence-corrected chi connectivity index (χ1v) is 47.9. The summed E-state index contributed by atoms with van der Waals surface area (Å²) in [5.74, 6) is 0.211. The molecule has 20 rings (SSSR count). The van der Waals surface area contributed by atoms with Gasteiger partial charge in [0.05, 0.1) is 55.5 Å². The van der Waals surface area contributed by atoms with Crippen LogP contribution < -0.4 is 0 Å². The van der Waals surface area contributed by atoms with Gasteiger partial charge >= 0.3 is 0 Å². The smallest absolute Gasteiger partial charge is 0.162 e. The van der Waals surface area contributed by atoms with Crippen molar-refractivity contribution in [3.8, 4) is 67.5 Å². The molecule has 0 bridgehead atoms. The predicted molar refractivity (Wildman–Crippen MR) is 547 cm³/mol. The molecular weight excluding hydrogens is 1570 g/mol. The number of hydrogen-bond acceptors (Lipinski definition) is 3. The summed E-state index contributed by atoms with van der Waals surface area (Å²) in [5.41, 5.74) is 31.4. The average molecular weight is 1680 g/mol. The number of rotatable bonds is 36. The van der Waals surface area contributed by atoms with Gasteiger partial charge in [-0.1, -0.05) is 285 Å². The maximum atomic E-state index is 13.6. The maximum Gasteiger partial charge on any atom is 0.162 e. The van der Waals surface area contributed by atoms with Crippen molar-refractivity contribution in [3.63, 3.8) is 0 Å². The Morgan fingerprint density at radius 3 is 0.822 bits per heavy atom. The predicted octanol–water partition coefficient (Wildman–Crippen LogP) is 33.4. The lowest BCUT2D eigenvalue weighted by atomic mass is 10.00. The van der Waals surface area contributed by atoms with Crippen molar-refractivity contribution >= 4 is 93.0 Å². The van der Waals surface area contributed by atoms with Crippen molar-refractivity contribution in [2.24, 2.45) is 0 Å². The number of Topliss-reactive ketones (excluding diaryl/α,β-unsaturated/α-hetero) is 1. The van der Waals surface area contributed by atoms with E-state index in [1.165, 1.54) is 241 Å². The Hall–Kier alpha value is -13.8. The Kier molecular flexibility index (Phi) is 26.6. The van der Waals surface area contributed by atoms with Gasteiger partial charge in [-0.2, -0.15) is 0 Å². The van der Waals surface area contributed by atoms with E-state index in [9.17, 15) is 4.79 Å². The summed E-state index contributed by atoms with van der Waals surface area (Å²) in [7, 11) is 0. The molecule has 0 unspecified atom stereocenters. The first-order valence-electron chi connectivity index (χ1n) is 47.9. The largest absolute Gasteiger partial charge is 0.309 e. The number of carbonyl (C=O) groups excluding carboxylic acids is 1. The molecule has 640 valence electrons. The van der Waals surface area contributed by atoms with Crippen molar-refractivity contribution < 1.29 is 4.79 Å². The fraction of sp³-hybridized carbons (Fsp3) is 0.221. The van der Waals surface area contributed by atoms with E-state index >= 15 is 0 Å². The van der Waals surface area contributed by atoms with Crippen molar-refractivity contribution in [3.05, 3.63) is 398 Å². The number of pyridine rings is 2. The van der Waals surface area contributed by atoms with Gasteiger partial charge in [0.2, 0.25) is 0 Å². The summed E-state index contributed by atoms with van der Waals surface area (Å²) in [5, 5.41) is 10.2. The number of hydrogen-bond donors (Lipinski definition) is 0. The minimum absolute atomic E-state index is 0.211. The van der Waals surface area contributed by atoms with E-state index in [0.29, 0.717) is 6.42 Å². The van der Waals surface area contributed by atoms with E-state index in [2.05, 4.69) is 370 Å². The Morgan fingerprint density at radius 2 is 0.496 bits per heavy atom. The number of unbranched alkanes of at least 4 members (excludes halogenated alkanes) is 15. The molecule has 129 heavy (non-hydrogen) atoms. The monoisotopic (exact) mass is 1680 g/mol. The van der Waals surface area contributed by atoms with Crippen LogP contribution in [0.5, 0.6) is 0 Å². The van der Waals surface area contributed by atoms with Crippen molar-refractivity contribution in [2.45, 2.75) is 174 Å². The normalized spacial score (nSPS) is 11.7. The fourth-order valence-electron chi connectivity index (χ4n) is 20.0. The number of aromatic nitrogens is 6. The van der Waals surface area contributed by atoms with Gasteiger partial charge in [-0.05, 0) is 284 Å². The molecule has 0 saturated heterocycles. The molecule has 0 fully saturated rings. The SMILES string of the molecule is CCCCCCCCc1ccc2c(c1)c1ccccc1n2-c1ccc(-c2ccc(-n3c4ccccc4c4cc(C(=O)CCCCCc5cccc(-c6ccccn6)c5)ccc43)cc2)cc1.CCCCCCCCc1ccc2c(c1)c1ccccc1n2-c1ccc(-c2ccc(-n3c4ccccc4c4cc(CCCCCCc5cccc(-c6ccccn6)c5)ccc43)cc2)cc1. The lowest BCUT2D eigenvalue weighted by molar-refractivity contribution is 0.0979. The molecular formula is C122H116N6O. The third-order valence-electron chi connectivity index (χ3n) is 26.8. The van der Waals surface area contributed by atoms with Crippen LogP contribution in [0.25, 0.3) is 155 Å². The quantitative estimate of drug-likeness (QED) is 0.0290. The molecule has 14 aromatic carbocycles. The first-order chi connectivity index (χ1) is 63.8. The number of fused-ring (bicyclic) bond motifs is 12. The maximum absolute atomic E-state index is 13.6. The highest BCUT2D eigenvalue weighted by atomic mass is 16.1. The summed E-state index contributed by atoms with van der Waals surface area (Å²) in [6, 6.07) is 129. The van der Waals surface area contributed by atoms with Crippen LogP contribution in [-0.4, -0.2) is 34.0 Å². The molecule has 6 heterocycles. The van der Waals surface area contributed by atoms with E-state index in [1.54, 1.807) is 0 Å².